The summed E-state index contributed by atoms with van der Waals surface area (Å²) in [5, 5.41) is 0. The van der Waals surface area contributed by atoms with Gasteiger partial charge >= 0.3 is 0 Å². The molecular formula is C17H16Br2N2O4. The van der Waals surface area contributed by atoms with Crippen LogP contribution in [0.15, 0.2) is 45.3 Å². The number of rotatable bonds is 5. The van der Waals surface area contributed by atoms with Gasteiger partial charge < -0.3 is 9.47 Å². The van der Waals surface area contributed by atoms with Gasteiger partial charge in [0, 0.05) is 8.95 Å². The van der Waals surface area contributed by atoms with Crippen molar-refractivity contribution in [1.29, 1.82) is 0 Å². The minimum absolute atomic E-state index is 0.224. The average molecular weight is 472 g/mol. The van der Waals surface area contributed by atoms with E-state index in [4.69, 9.17) is 9.47 Å². The van der Waals surface area contributed by atoms with E-state index >= 15 is 0 Å². The number of carbonyl (C=O) groups is 2. The molecule has 0 spiro atoms. The fourth-order valence-electron chi connectivity index (χ4n) is 2.01. The van der Waals surface area contributed by atoms with Crippen LogP contribution in [0.5, 0.6) is 11.5 Å². The second-order valence-electron chi connectivity index (χ2n) is 5.05. The number of nitrogens with one attached hydrogen (secondary N) is 2. The molecule has 0 aromatic heterocycles. The molecule has 0 aliphatic heterocycles. The Morgan fingerprint density at radius 3 is 2.28 bits per heavy atom. The summed E-state index contributed by atoms with van der Waals surface area (Å²) in [5.74, 6) is 0.0194. The van der Waals surface area contributed by atoms with Crippen LogP contribution in [0.4, 0.5) is 0 Å². The molecule has 0 bridgehead atoms. The molecule has 8 heteroatoms. The van der Waals surface area contributed by atoms with Crippen LogP contribution >= 0.6 is 31.9 Å². The van der Waals surface area contributed by atoms with Gasteiger partial charge in [0.15, 0.2) is 6.61 Å². The van der Waals surface area contributed by atoms with E-state index in [2.05, 4.69) is 42.7 Å². The van der Waals surface area contributed by atoms with Gasteiger partial charge in [-0.25, -0.2) is 0 Å². The van der Waals surface area contributed by atoms with Crippen LogP contribution in [0.1, 0.15) is 15.9 Å². The molecule has 0 fully saturated rings. The molecule has 0 saturated heterocycles. The first-order valence-corrected chi connectivity index (χ1v) is 8.81. The van der Waals surface area contributed by atoms with Crippen molar-refractivity contribution >= 4 is 43.7 Å². The maximum Gasteiger partial charge on any atom is 0.276 e. The molecule has 0 aliphatic rings. The SMILES string of the molecule is COc1ccc(Br)cc1C(=O)NNC(=O)COc1ccc(Br)cc1C. The zero-order valence-electron chi connectivity index (χ0n) is 13.6. The molecule has 2 amide bonds. The van der Waals surface area contributed by atoms with Crippen molar-refractivity contribution in [3.05, 3.63) is 56.5 Å². The van der Waals surface area contributed by atoms with E-state index in [-0.39, 0.29) is 6.61 Å². The molecule has 0 saturated carbocycles. The second kappa shape index (κ2) is 8.87. The number of carbonyl (C=O) groups excluding carboxylic acids is 2. The summed E-state index contributed by atoms with van der Waals surface area (Å²) in [6.45, 7) is 1.65. The lowest BCUT2D eigenvalue weighted by Gasteiger charge is -2.12. The molecule has 6 nitrogen and oxygen atoms in total. The Kier molecular flexibility index (Phi) is 6.83. The Bertz CT molecular complexity index is 796. The van der Waals surface area contributed by atoms with Crippen molar-refractivity contribution in [2.24, 2.45) is 0 Å². The van der Waals surface area contributed by atoms with E-state index in [1.807, 2.05) is 19.1 Å². The molecule has 0 heterocycles. The molecule has 2 rings (SSSR count). The van der Waals surface area contributed by atoms with Crippen molar-refractivity contribution < 1.29 is 19.1 Å². The van der Waals surface area contributed by atoms with Crippen LogP contribution in [0.2, 0.25) is 0 Å². The summed E-state index contributed by atoms with van der Waals surface area (Å²) in [6, 6.07) is 10.5. The van der Waals surface area contributed by atoms with E-state index in [0.29, 0.717) is 17.1 Å². The molecule has 0 atom stereocenters. The summed E-state index contributed by atoms with van der Waals surface area (Å²) in [6.07, 6.45) is 0. The average Bonchev–Trinajstić information content (AvgIpc) is 2.58. The molecule has 0 aliphatic carbocycles. The number of aryl methyl sites for hydroxylation is 1. The number of hydrazine groups is 1. The van der Waals surface area contributed by atoms with E-state index in [1.165, 1.54) is 7.11 Å². The van der Waals surface area contributed by atoms with Gasteiger partial charge in [0.2, 0.25) is 0 Å². The van der Waals surface area contributed by atoms with Crippen molar-refractivity contribution in [3.63, 3.8) is 0 Å². The van der Waals surface area contributed by atoms with Gasteiger partial charge in [0.05, 0.1) is 12.7 Å². The highest BCUT2D eigenvalue weighted by Gasteiger charge is 2.14. The van der Waals surface area contributed by atoms with Crippen molar-refractivity contribution in [3.8, 4) is 11.5 Å². The number of hydrogen-bond donors (Lipinski definition) is 2. The van der Waals surface area contributed by atoms with Crippen molar-refractivity contribution in [1.82, 2.24) is 10.9 Å². The summed E-state index contributed by atoms with van der Waals surface area (Å²) < 4.78 is 12.2. The van der Waals surface area contributed by atoms with Gasteiger partial charge in [-0.3, -0.25) is 20.4 Å². The summed E-state index contributed by atoms with van der Waals surface area (Å²) in [7, 11) is 1.47. The topological polar surface area (TPSA) is 76.7 Å². The molecule has 2 aromatic carbocycles. The van der Waals surface area contributed by atoms with E-state index < -0.39 is 11.8 Å². The second-order valence-corrected chi connectivity index (χ2v) is 6.88. The molecular weight excluding hydrogens is 456 g/mol. The number of halogens is 2. The quantitative estimate of drug-likeness (QED) is 0.655. The van der Waals surface area contributed by atoms with Crippen LogP contribution in [0.3, 0.4) is 0 Å². The lowest BCUT2D eigenvalue weighted by molar-refractivity contribution is -0.123. The Morgan fingerprint density at radius 1 is 1.00 bits per heavy atom. The third-order valence-electron chi connectivity index (χ3n) is 3.22. The third-order valence-corrected chi connectivity index (χ3v) is 4.20. The third kappa shape index (κ3) is 5.47. The summed E-state index contributed by atoms with van der Waals surface area (Å²) >= 11 is 6.65. The number of amides is 2. The molecule has 0 unspecified atom stereocenters. The van der Waals surface area contributed by atoms with Crippen molar-refractivity contribution in [2.75, 3.05) is 13.7 Å². The van der Waals surface area contributed by atoms with Gasteiger partial charge in [-0.1, -0.05) is 31.9 Å². The fourth-order valence-corrected chi connectivity index (χ4v) is 2.84. The van der Waals surface area contributed by atoms with E-state index in [0.717, 1.165) is 14.5 Å². The van der Waals surface area contributed by atoms with Gasteiger partial charge in [0.25, 0.3) is 11.8 Å². The first-order chi connectivity index (χ1) is 11.9. The largest absolute Gasteiger partial charge is 0.496 e. The molecule has 0 radical (unpaired) electrons. The lowest BCUT2D eigenvalue weighted by Crippen LogP contribution is -2.44. The Hall–Kier alpha value is -2.06. The molecule has 132 valence electrons. The standard InChI is InChI=1S/C17H16Br2N2O4/c1-10-7-11(18)3-5-14(10)25-9-16(22)20-21-17(23)13-8-12(19)4-6-15(13)24-2/h3-8H,9H2,1-2H3,(H,20,22)(H,21,23). The monoisotopic (exact) mass is 470 g/mol. The highest BCUT2D eigenvalue weighted by Crippen LogP contribution is 2.23. The number of ether oxygens (including phenoxy) is 2. The van der Waals surface area contributed by atoms with Crippen LogP contribution < -0.4 is 20.3 Å². The van der Waals surface area contributed by atoms with Crippen LogP contribution in [-0.2, 0) is 4.79 Å². The van der Waals surface area contributed by atoms with Crippen molar-refractivity contribution in [2.45, 2.75) is 6.92 Å². The number of hydrogen-bond acceptors (Lipinski definition) is 4. The highest BCUT2D eigenvalue weighted by atomic mass is 79.9. The van der Waals surface area contributed by atoms with E-state index in [1.54, 1.807) is 24.3 Å². The van der Waals surface area contributed by atoms with Crippen LogP contribution in [-0.4, -0.2) is 25.5 Å². The van der Waals surface area contributed by atoms with Gasteiger partial charge in [0.1, 0.15) is 11.5 Å². The van der Waals surface area contributed by atoms with Crippen LogP contribution in [0, 0.1) is 6.92 Å². The summed E-state index contributed by atoms with van der Waals surface area (Å²) in [4.78, 5) is 24.0. The fraction of sp³-hybridized carbons (Fsp3) is 0.176. The predicted octanol–water partition coefficient (Wildman–Crippen LogP) is 3.37. The smallest absolute Gasteiger partial charge is 0.276 e. The van der Waals surface area contributed by atoms with Gasteiger partial charge in [-0.2, -0.15) is 0 Å². The minimum atomic E-state index is -0.494. The van der Waals surface area contributed by atoms with E-state index in [9.17, 15) is 9.59 Å². The maximum absolute atomic E-state index is 12.2. The number of benzene rings is 2. The van der Waals surface area contributed by atoms with Gasteiger partial charge in [-0.15, -0.1) is 0 Å². The lowest BCUT2D eigenvalue weighted by atomic mass is 10.2. The Balaban J connectivity index is 1.89. The van der Waals surface area contributed by atoms with Gasteiger partial charge in [-0.05, 0) is 48.9 Å². The Labute approximate surface area is 162 Å². The molecule has 2 N–H and O–H groups in total. The minimum Gasteiger partial charge on any atom is -0.496 e. The zero-order valence-corrected chi connectivity index (χ0v) is 16.7. The zero-order chi connectivity index (χ0) is 18.4. The Morgan fingerprint density at radius 2 is 1.64 bits per heavy atom. The first kappa shape index (κ1) is 19.3. The molecule has 25 heavy (non-hydrogen) atoms. The molecule has 2 aromatic rings. The van der Waals surface area contributed by atoms with Crippen LogP contribution in [0.25, 0.3) is 0 Å². The highest BCUT2D eigenvalue weighted by molar-refractivity contribution is 9.10. The maximum atomic E-state index is 12.2. The normalized spacial score (nSPS) is 10.1. The first-order valence-electron chi connectivity index (χ1n) is 7.22. The predicted molar refractivity (Wildman–Crippen MR) is 101 cm³/mol. The number of methoxy groups -OCH3 is 1. The summed E-state index contributed by atoms with van der Waals surface area (Å²) in [5.41, 5.74) is 5.83.